The number of fused-ring (bicyclic) bond motifs is 1. The Kier molecular flexibility index (Phi) is 5.88. The molecule has 0 saturated carbocycles. The lowest BCUT2D eigenvalue weighted by atomic mass is 10.1. The number of carbonyl (C=O) groups is 1. The third-order valence-electron chi connectivity index (χ3n) is 6.14. The molecule has 0 spiro atoms. The molecule has 166 valence electrons. The number of rotatable bonds is 4. The molecule has 1 fully saturated rings. The number of hydrogen-bond donors (Lipinski definition) is 1. The van der Waals surface area contributed by atoms with E-state index in [1.165, 1.54) is 11.3 Å². The van der Waals surface area contributed by atoms with Crippen LogP contribution in [0.5, 0.6) is 0 Å². The van der Waals surface area contributed by atoms with E-state index in [9.17, 15) is 4.79 Å². The summed E-state index contributed by atoms with van der Waals surface area (Å²) in [6.45, 7) is 5.26. The molecule has 6 heteroatoms. The minimum absolute atomic E-state index is 0.0787. The first-order valence-electron chi connectivity index (χ1n) is 11.1. The molecular weight excluding hydrogens is 432 g/mol. The Balaban J connectivity index is 1.25. The van der Waals surface area contributed by atoms with E-state index < -0.39 is 0 Å². The van der Waals surface area contributed by atoms with E-state index in [4.69, 9.17) is 11.6 Å². The van der Waals surface area contributed by atoms with Crippen molar-refractivity contribution in [1.82, 2.24) is 9.88 Å². The van der Waals surface area contributed by atoms with Crippen LogP contribution in [-0.2, 0) is 0 Å². The van der Waals surface area contributed by atoms with Crippen LogP contribution >= 0.6 is 11.6 Å². The lowest BCUT2D eigenvalue weighted by Gasteiger charge is -2.36. The average Bonchev–Trinajstić information content (AvgIpc) is 2.84. The maximum Gasteiger partial charge on any atom is 0.253 e. The number of benzene rings is 3. The van der Waals surface area contributed by atoms with Gasteiger partial charge in [-0.15, -0.1) is 0 Å². The average molecular weight is 457 g/mol. The number of carbonyl (C=O) groups excluding carboxylic acids is 1. The Labute approximate surface area is 198 Å². The van der Waals surface area contributed by atoms with Crippen molar-refractivity contribution in [2.75, 3.05) is 36.4 Å². The van der Waals surface area contributed by atoms with Crippen LogP contribution in [0.25, 0.3) is 10.9 Å². The third kappa shape index (κ3) is 4.50. The second kappa shape index (κ2) is 9.12. The van der Waals surface area contributed by atoms with Crippen molar-refractivity contribution in [3.63, 3.8) is 0 Å². The molecule has 0 radical (unpaired) electrons. The summed E-state index contributed by atoms with van der Waals surface area (Å²) in [5, 5.41) is 5.08. The molecule has 5 rings (SSSR count). The highest BCUT2D eigenvalue weighted by atomic mass is 35.5. The van der Waals surface area contributed by atoms with Gasteiger partial charge in [-0.1, -0.05) is 29.8 Å². The van der Waals surface area contributed by atoms with E-state index in [2.05, 4.69) is 46.4 Å². The molecule has 0 atom stereocenters. The molecule has 0 unspecified atom stereocenters. The van der Waals surface area contributed by atoms with Crippen molar-refractivity contribution in [2.45, 2.75) is 6.92 Å². The van der Waals surface area contributed by atoms with Gasteiger partial charge < -0.3 is 15.1 Å². The summed E-state index contributed by atoms with van der Waals surface area (Å²) in [5.41, 5.74) is 5.93. The molecule has 5 nitrogen and oxygen atoms in total. The molecule has 0 aliphatic carbocycles. The van der Waals surface area contributed by atoms with Crippen LogP contribution in [0, 0.1) is 6.92 Å². The third-order valence-corrected chi connectivity index (χ3v) is 6.37. The number of amides is 1. The number of nitrogens with one attached hydrogen (secondary N) is 1. The highest BCUT2D eigenvalue weighted by Gasteiger charge is 2.23. The Morgan fingerprint density at radius 2 is 1.70 bits per heavy atom. The zero-order chi connectivity index (χ0) is 22.8. The molecule has 4 aromatic rings. The first kappa shape index (κ1) is 21.3. The van der Waals surface area contributed by atoms with Gasteiger partial charge >= 0.3 is 0 Å². The summed E-state index contributed by atoms with van der Waals surface area (Å²) < 4.78 is 0. The summed E-state index contributed by atoms with van der Waals surface area (Å²) in [4.78, 5) is 21.7. The number of hydrogen-bond acceptors (Lipinski definition) is 4. The van der Waals surface area contributed by atoms with Crippen molar-refractivity contribution in [1.29, 1.82) is 0 Å². The minimum atomic E-state index is 0.0787. The fourth-order valence-electron chi connectivity index (χ4n) is 4.33. The van der Waals surface area contributed by atoms with Gasteiger partial charge in [0.25, 0.3) is 5.91 Å². The smallest absolute Gasteiger partial charge is 0.253 e. The molecular formula is C27H25ClN4O. The maximum atomic E-state index is 13.1. The fourth-order valence-corrected chi connectivity index (χ4v) is 4.50. The van der Waals surface area contributed by atoms with E-state index in [1.54, 1.807) is 6.20 Å². The van der Waals surface area contributed by atoms with Gasteiger partial charge in [0.1, 0.15) is 0 Å². The molecule has 1 amide bonds. The Bertz CT molecular complexity index is 1300. The number of nitrogens with zero attached hydrogens (tertiary/aromatic N) is 3. The largest absolute Gasteiger partial charge is 0.368 e. The van der Waals surface area contributed by atoms with Crippen LogP contribution in [0.1, 0.15) is 15.9 Å². The monoisotopic (exact) mass is 456 g/mol. The summed E-state index contributed by atoms with van der Waals surface area (Å²) in [6.07, 6.45) is 1.76. The lowest BCUT2D eigenvalue weighted by molar-refractivity contribution is 0.0747. The molecule has 1 saturated heterocycles. The van der Waals surface area contributed by atoms with Gasteiger partial charge in [-0.25, -0.2) is 0 Å². The number of aromatic nitrogens is 1. The highest BCUT2D eigenvalue weighted by molar-refractivity contribution is 6.31. The quantitative estimate of drug-likeness (QED) is 0.415. The molecule has 1 aromatic heterocycles. The predicted octanol–water partition coefficient (Wildman–Crippen LogP) is 5.90. The lowest BCUT2D eigenvalue weighted by Crippen LogP contribution is -2.49. The van der Waals surface area contributed by atoms with Gasteiger partial charge in [-0.05, 0) is 67.1 Å². The van der Waals surface area contributed by atoms with Gasteiger partial charge in [-0.2, -0.15) is 0 Å². The van der Waals surface area contributed by atoms with Crippen LogP contribution in [0.4, 0.5) is 17.1 Å². The van der Waals surface area contributed by atoms with Crippen molar-refractivity contribution in [2.24, 2.45) is 0 Å². The second-order valence-electron chi connectivity index (χ2n) is 8.29. The molecule has 2 heterocycles. The second-order valence-corrected chi connectivity index (χ2v) is 8.72. The Hall–Kier alpha value is -3.57. The minimum Gasteiger partial charge on any atom is -0.368 e. The Morgan fingerprint density at radius 3 is 2.45 bits per heavy atom. The molecule has 1 aliphatic rings. The molecule has 0 bridgehead atoms. The van der Waals surface area contributed by atoms with Crippen molar-refractivity contribution in [3.05, 3.63) is 95.1 Å². The number of para-hydroxylation sites is 1. The van der Waals surface area contributed by atoms with E-state index in [1.807, 2.05) is 53.4 Å². The van der Waals surface area contributed by atoms with Crippen LogP contribution in [0.3, 0.4) is 0 Å². The fraction of sp³-hybridized carbons (Fsp3) is 0.185. The van der Waals surface area contributed by atoms with Crippen LogP contribution in [-0.4, -0.2) is 42.0 Å². The molecule has 1 N–H and O–H groups in total. The van der Waals surface area contributed by atoms with Crippen molar-refractivity contribution >= 4 is 45.5 Å². The van der Waals surface area contributed by atoms with Crippen molar-refractivity contribution < 1.29 is 4.79 Å². The van der Waals surface area contributed by atoms with Gasteiger partial charge in [0.05, 0.1) is 5.52 Å². The first-order valence-corrected chi connectivity index (χ1v) is 11.5. The molecule has 33 heavy (non-hydrogen) atoms. The number of aryl methyl sites for hydroxylation is 1. The maximum absolute atomic E-state index is 13.1. The van der Waals surface area contributed by atoms with Gasteiger partial charge in [-0.3, -0.25) is 9.78 Å². The molecule has 1 aliphatic heterocycles. The van der Waals surface area contributed by atoms with E-state index in [0.717, 1.165) is 48.5 Å². The summed E-state index contributed by atoms with van der Waals surface area (Å²) in [7, 11) is 0. The van der Waals surface area contributed by atoms with Gasteiger partial charge in [0.15, 0.2) is 0 Å². The SMILES string of the molecule is Cc1ccccc1N1CCN(C(=O)c2ccc(Nc3ccnc4cc(Cl)ccc34)cc2)CC1. The zero-order valence-corrected chi connectivity index (χ0v) is 19.2. The van der Waals surface area contributed by atoms with E-state index >= 15 is 0 Å². The van der Waals surface area contributed by atoms with Crippen molar-refractivity contribution in [3.8, 4) is 0 Å². The number of halogens is 1. The summed E-state index contributed by atoms with van der Waals surface area (Å²) in [5.74, 6) is 0.0787. The van der Waals surface area contributed by atoms with E-state index in [0.29, 0.717) is 10.6 Å². The van der Waals surface area contributed by atoms with Crippen LogP contribution in [0.15, 0.2) is 79.0 Å². The standard InChI is InChI=1S/C27H25ClN4O/c1-19-4-2-3-5-26(19)31-14-16-32(17-15-31)27(33)20-6-9-22(10-7-20)30-24-12-13-29-25-18-21(28)8-11-23(24)25/h2-13,18H,14-17H2,1H3,(H,29,30). The van der Waals surface area contributed by atoms with Crippen LogP contribution < -0.4 is 10.2 Å². The Morgan fingerprint density at radius 1 is 0.939 bits per heavy atom. The number of piperazine rings is 1. The normalized spacial score (nSPS) is 13.9. The topological polar surface area (TPSA) is 48.5 Å². The highest BCUT2D eigenvalue weighted by Crippen LogP contribution is 2.27. The van der Waals surface area contributed by atoms with Gasteiger partial charge in [0.2, 0.25) is 0 Å². The summed E-state index contributed by atoms with van der Waals surface area (Å²) >= 11 is 6.09. The zero-order valence-electron chi connectivity index (χ0n) is 18.5. The predicted molar refractivity (Wildman–Crippen MR) is 136 cm³/mol. The number of pyridine rings is 1. The van der Waals surface area contributed by atoms with E-state index in [-0.39, 0.29) is 5.91 Å². The number of anilines is 3. The summed E-state index contributed by atoms with van der Waals surface area (Å²) in [6, 6.07) is 23.7. The molecule has 3 aromatic carbocycles. The van der Waals surface area contributed by atoms with Crippen LogP contribution in [0.2, 0.25) is 5.02 Å². The first-order chi connectivity index (χ1) is 16.1. The van der Waals surface area contributed by atoms with Gasteiger partial charge in [0, 0.05) is 65.4 Å².